The molecule has 26 heavy (non-hydrogen) atoms. The van der Waals surface area contributed by atoms with Gasteiger partial charge in [-0.05, 0) is 42.0 Å². The van der Waals surface area contributed by atoms with Gasteiger partial charge in [-0.15, -0.1) is 11.8 Å². The van der Waals surface area contributed by atoms with Gasteiger partial charge in [0.05, 0.1) is 13.2 Å². The first-order valence-corrected chi connectivity index (χ1v) is 10.00. The molecule has 7 heteroatoms. The Kier molecular flexibility index (Phi) is 7.17. The molecule has 0 bridgehead atoms. The Bertz CT molecular complexity index is 721. The Morgan fingerprint density at radius 3 is 2.77 bits per heavy atom. The van der Waals surface area contributed by atoms with Gasteiger partial charge in [-0.3, -0.25) is 4.79 Å². The quantitative estimate of drug-likeness (QED) is 0.733. The molecule has 1 N–H and O–H groups in total. The normalized spacial score (nSPS) is 14.3. The van der Waals surface area contributed by atoms with E-state index in [1.54, 1.807) is 18.0 Å². The zero-order valence-corrected chi connectivity index (χ0v) is 16.1. The number of rotatable bonds is 7. The summed E-state index contributed by atoms with van der Waals surface area (Å²) in [6, 6.07) is 11.6. The summed E-state index contributed by atoms with van der Waals surface area (Å²) in [6.45, 7) is 3.68. The lowest BCUT2D eigenvalue weighted by Gasteiger charge is -2.28. The summed E-state index contributed by atoms with van der Waals surface area (Å²) in [5.41, 5.74) is 1.06. The van der Waals surface area contributed by atoms with Crippen LogP contribution in [0.25, 0.3) is 0 Å². The summed E-state index contributed by atoms with van der Waals surface area (Å²) in [6.07, 6.45) is 2.28. The molecule has 1 aliphatic rings. The van der Waals surface area contributed by atoms with Gasteiger partial charge in [0.15, 0.2) is 0 Å². The number of thioether (sulfide) groups is 1. The first-order chi connectivity index (χ1) is 12.7. The molecular weight excluding hydrogens is 370 g/mol. The third-order valence-corrected chi connectivity index (χ3v) is 5.31. The van der Waals surface area contributed by atoms with Crippen molar-refractivity contribution in [3.05, 3.63) is 53.2 Å². The molecule has 3 rings (SSSR count). The maximum absolute atomic E-state index is 12.1. The van der Waals surface area contributed by atoms with Gasteiger partial charge >= 0.3 is 0 Å². The van der Waals surface area contributed by atoms with E-state index >= 15 is 0 Å². The number of carbonyl (C=O) groups is 1. The highest BCUT2D eigenvalue weighted by molar-refractivity contribution is 7.99. The molecule has 138 valence electrons. The molecule has 0 aliphatic carbocycles. The van der Waals surface area contributed by atoms with Crippen molar-refractivity contribution in [2.24, 2.45) is 0 Å². The highest BCUT2D eigenvalue weighted by Gasteiger charge is 2.12. The smallest absolute Gasteiger partial charge is 0.221 e. The number of anilines is 1. The lowest BCUT2D eigenvalue weighted by atomic mass is 10.2. The van der Waals surface area contributed by atoms with Gasteiger partial charge in [-0.25, -0.2) is 4.98 Å². The van der Waals surface area contributed by atoms with E-state index in [0.29, 0.717) is 13.0 Å². The van der Waals surface area contributed by atoms with E-state index < -0.39 is 0 Å². The Morgan fingerprint density at radius 1 is 1.23 bits per heavy atom. The maximum atomic E-state index is 12.1. The molecule has 2 aromatic rings. The lowest BCUT2D eigenvalue weighted by Crippen LogP contribution is -2.36. The topological polar surface area (TPSA) is 54.5 Å². The minimum absolute atomic E-state index is 0.0520. The molecule has 0 unspecified atom stereocenters. The Morgan fingerprint density at radius 2 is 2.00 bits per heavy atom. The fourth-order valence-corrected chi connectivity index (χ4v) is 3.60. The van der Waals surface area contributed by atoms with Gasteiger partial charge in [0, 0.05) is 47.9 Å². The number of hydrogen-bond donors (Lipinski definition) is 1. The monoisotopic (exact) mass is 391 g/mol. The average Bonchev–Trinajstić information content (AvgIpc) is 2.69. The largest absolute Gasteiger partial charge is 0.378 e. The van der Waals surface area contributed by atoms with Gasteiger partial charge in [0.25, 0.3) is 0 Å². The number of ether oxygens (including phenoxy) is 1. The van der Waals surface area contributed by atoms with Crippen molar-refractivity contribution in [3.8, 4) is 0 Å². The minimum atomic E-state index is 0.0520. The number of nitrogens with zero attached hydrogens (tertiary/aromatic N) is 2. The van der Waals surface area contributed by atoms with Crippen molar-refractivity contribution in [2.45, 2.75) is 17.9 Å². The van der Waals surface area contributed by atoms with E-state index in [1.807, 2.05) is 36.4 Å². The van der Waals surface area contributed by atoms with Gasteiger partial charge in [0.1, 0.15) is 5.82 Å². The van der Waals surface area contributed by atoms with E-state index in [4.69, 9.17) is 16.3 Å². The predicted molar refractivity (Wildman–Crippen MR) is 106 cm³/mol. The maximum Gasteiger partial charge on any atom is 0.221 e. The second-order valence-electron chi connectivity index (χ2n) is 5.95. The number of hydrogen-bond acceptors (Lipinski definition) is 5. The second kappa shape index (κ2) is 9.80. The van der Waals surface area contributed by atoms with Crippen LogP contribution in [0.4, 0.5) is 5.82 Å². The van der Waals surface area contributed by atoms with Gasteiger partial charge in [-0.1, -0.05) is 11.6 Å². The van der Waals surface area contributed by atoms with Crippen molar-refractivity contribution in [3.63, 3.8) is 0 Å². The van der Waals surface area contributed by atoms with Crippen LogP contribution in [0.2, 0.25) is 5.02 Å². The number of nitrogens with one attached hydrogen (secondary N) is 1. The second-order valence-corrected chi connectivity index (χ2v) is 7.56. The van der Waals surface area contributed by atoms with Crippen LogP contribution in [-0.2, 0) is 16.1 Å². The molecule has 0 atom stereocenters. The third-order valence-electron chi connectivity index (χ3n) is 4.05. The summed E-state index contributed by atoms with van der Waals surface area (Å²) in [7, 11) is 0. The fraction of sp³-hybridized carbons (Fsp3) is 0.368. The van der Waals surface area contributed by atoms with E-state index in [-0.39, 0.29) is 5.91 Å². The van der Waals surface area contributed by atoms with Crippen molar-refractivity contribution in [1.82, 2.24) is 10.3 Å². The molecule has 1 saturated heterocycles. The number of halogens is 1. The Hall–Kier alpha value is -1.76. The van der Waals surface area contributed by atoms with Crippen LogP contribution in [0.5, 0.6) is 0 Å². The van der Waals surface area contributed by atoms with Crippen LogP contribution >= 0.6 is 23.4 Å². The zero-order chi connectivity index (χ0) is 18.2. The molecule has 0 radical (unpaired) electrons. The molecule has 1 aromatic carbocycles. The molecule has 2 heterocycles. The number of pyridine rings is 1. The molecule has 5 nitrogen and oxygen atoms in total. The van der Waals surface area contributed by atoms with Crippen molar-refractivity contribution in [2.75, 3.05) is 37.0 Å². The Balaban J connectivity index is 1.41. The van der Waals surface area contributed by atoms with Crippen LogP contribution in [-0.4, -0.2) is 42.9 Å². The highest BCUT2D eigenvalue weighted by atomic mass is 35.5. The number of morpholine rings is 1. The van der Waals surface area contributed by atoms with Crippen LogP contribution < -0.4 is 10.2 Å². The van der Waals surface area contributed by atoms with Crippen LogP contribution in [0.1, 0.15) is 12.0 Å². The standard InChI is InChI=1S/C19H22ClN3O2S/c20-16-1-3-17(4-2-16)26-12-6-19(24)22-14-15-5-7-21-18(13-15)23-8-10-25-11-9-23/h1-5,7,13H,6,8-12,14H2,(H,22,24). The number of carbonyl (C=O) groups excluding carboxylic acids is 1. The summed E-state index contributed by atoms with van der Waals surface area (Å²) in [5.74, 6) is 1.73. The number of aromatic nitrogens is 1. The number of benzene rings is 1. The molecule has 1 amide bonds. The van der Waals surface area contributed by atoms with Gasteiger partial charge < -0.3 is 15.0 Å². The predicted octanol–water partition coefficient (Wildman–Crippen LogP) is 3.37. The SMILES string of the molecule is O=C(CCSc1ccc(Cl)cc1)NCc1ccnc(N2CCOCC2)c1. The highest BCUT2D eigenvalue weighted by Crippen LogP contribution is 2.21. The average molecular weight is 392 g/mol. The lowest BCUT2D eigenvalue weighted by molar-refractivity contribution is -0.120. The third kappa shape index (κ3) is 5.90. The first kappa shape index (κ1) is 19.0. The summed E-state index contributed by atoms with van der Waals surface area (Å²) in [4.78, 5) is 19.8. The molecular formula is C19H22ClN3O2S. The summed E-state index contributed by atoms with van der Waals surface area (Å²) >= 11 is 7.52. The summed E-state index contributed by atoms with van der Waals surface area (Å²) in [5, 5.41) is 3.70. The molecule has 1 aromatic heterocycles. The van der Waals surface area contributed by atoms with Crippen molar-refractivity contribution < 1.29 is 9.53 Å². The van der Waals surface area contributed by atoms with Crippen molar-refractivity contribution >= 4 is 35.1 Å². The van der Waals surface area contributed by atoms with Gasteiger partial charge in [0.2, 0.25) is 5.91 Å². The van der Waals surface area contributed by atoms with Gasteiger partial charge in [-0.2, -0.15) is 0 Å². The molecule has 0 saturated carbocycles. The van der Waals surface area contributed by atoms with E-state index in [9.17, 15) is 4.79 Å². The van der Waals surface area contributed by atoms with E-state index in [0.717, 1.165) is 53.4 Å². The van der Waals surface area contributed by atoms with Crippen LogP contribution in [0, 0.1) is 0 Å². The van der Waals surface area contributed by atoms with Crippen LogP contribution in [0.15, 0.2) is 47.5 Å². The fourth-order valence-electron chi connectivity index (χ4n) is 2.62. The Labute approximate surface area is 163 Å². The molecule has 0 spiro atoms. The zero-order valence-electron chi connectivity index (χ0n) is 14.5. The summed E-state index contributed by atoms with van der Waals surface area (Å²) < 4.78 is 5.37. The number of amides is 1. The molecule has 1 aliphatic heterocycles. The van der Waals surface area contributed by atoms with Crippen LogP contribution in [0.3, 0.4) is 0 Å². The molecule has 1 fully saturated rings. The minimum Gasteiger partial charge on any atom is -0.378 e. The van der Waals surface area contributed by atoms with Crippen molar-refractivity contribution in [1.29, 1.82) is 0 Å². The van der Waals surface area contributed by atoms with E-state index in [2.05, 4.69) is 15.2 Å². The first-order valence-electron chi connectivity index (χ1n) is 8.63. The van der Waals surface area contributed by atoms with E-state index in [1.165, 1.54) is 0 Å².